The van der Waals surface area contributed by atoms with Crippen molar-refractivity contribution < 1.29 is 4.74 Å². The van der Waals surface area contributed by atoms with Crippen molar-refractivity contribution in [1.82, 2.24) is 20.0 Å². The van der Waals surface area contributed by atoms with E-state index in [9.17, 15) is 10.5 Å². The molecule has 0 unspecified atom stereocenters. The minimum atomic E-state index is -0.515. The van der Waals surface area contributed by atoms with Crippen LogP contribution in [0.25, 0.3) is 33.3 Å². The summed E-state index contributed by atoms with van der Waals surface area (Å²) in [6, 6.07) is 20.5. The molecule has 34 heavy (non-hydrogen) atoms. The third-order valence-corrected chi connectivity index (χ3v) is 6.33. The highest BCUT2D eigenvalue weighted by Gasteiger charge is 2.48. The van der Waals surface area contributed by atoms with Gasteiger partial charge < -0.3 is 10.5 Å². The van der Waals surface area contributed by atoms with Crippen LogP contribution in [-0.2, 0) is 5.54 Å². The first kappa shape index (κ1) is 21.6. The summed E-state index contributed by atoms with van der Waals surface area (Å²) < 4.78 is 5.59. The zero-order valence-corrected chi connectivity index (χ0v) is 18.6. The Morgan fingerprint density at radius 3 is 2.68 bits per heavy atom. The lowest BCUT2D eigenvalue weighted by Gasteiger charge is -2.42. The van der Waals surface area contributed by atoms with Crippen LogP contribution in [0.2, 0.25) is 0 Å². The minimum absolute atomic E-state index is 0.0621. The number of benzene rings is 2. The number of pyridine rings is 1. The number of aromatic nitrogens is 4. The van der Waals surface area contributed by atoms with Crippen molar-refractivity contribution in [3.63, 3.8) is 0 Å². The maximum absolute atomic E-state index is 9.36. The molecule has 1 aliphatic carbocycles. The molecule has 0 spiro atoms. The molecule has 2 aromatic carbocycles. The molecule has 0 aliphatic heterocycles. The first-order valence-electron chi connectivity index (χ1n) is 11.2. The fourth-order valence-electron chi connectivity index (χ4n) is 4.57. The molecule has 8 heteroatoms. The van der Waals surface area contributed by atoms with Gasteiger partial charge in [-0.15, -0.1) is 0 Å². The molecule has 5 rings (SSSR count). The van der Waals surface area contributed by atoms with Crippen LogP contribution in [-0.4, -0.2) is 33.1 Å². The maximum Gasteiger partial charge on any atom is 0.119 e. The first-order valence-corrected chi connectivity index (χ1v) is 11.2. The van der Waals surface area contributed by atoms with Crippen LogP contribution in [0, 0.1) is 28.6 Å². The number of nitrogens with two attached hydrogens (primary N) is 1. The highest BCUT2D eigenvalue weighted by atomic mass is 16.5. The molecule has 1 aliphatic rings. The number of ether oxygens (including phenoxy) is 1. The fourth-order valence-corrected chi connectivity index (χ4v) is 4.57. The third-order valence-electron chi connectivity index (χ3n) is 6.33. The zero-order valence-electron chi connectivity index (χ0n) is 18.6. The van der Waals surface area contributed by atoms with Crippen molar-refractivity contribution in [2.24, 2.45) is 11.7 Å². The minimum Gasteiger partial charge on any atom is -0.492 e. The molecule has 0 saturated heterocycles. The lowest BCUT2D eigenvalue weighted by Crippen LogP contribution is -2.47. The van der Waals surface area contributed by atoms with Crippen molar-refractivity contribution in [3.05, 3.63) is 60.9 Å². The van der Waals surface area contributed by atoms with Crippen molar-refractivity contribution in [2.75, 3.05) is 13.2 Å². The summed E-state index contributed by atoms with van der Waals surface area (Å²) >= 11 is 0. The molecule has 1 fully saturated rings. The highest BCUT2D eigenvalue weighted by Crippen LogP contribution is 2.45. The second-order valence-corrected chi connectivity index (χ2v) is 8.57. The topological polar surface area (TPSA) is 126 Å². The molecule has 0 atom stereocenters. The summed E-state index contributed by atoms with van der Waals surface area (Å²) in [4.78, 5) is 6.21. The van der Waals surface area contributed by atoms with Crippen LogP contribution in [0.3, 0.4) is 0 Å². The number of hydrogen-bond acceptors (Lipinski definition) is 7. The van der Waals surface area contributed by atoms with E-state index < -0.39 is 5.54 Å². The van der Waals surface area contributed by atoms with Gasteiger partial charge in [0, 0.05) is 23.7 Å². The van der Waals surface area contributed by atoms with E-state index in [4.69, 9.17) is 15.6 Å². The van der Waals surface area contributed by atoms with E-state index >= 15 is 0 Å². The maximum atomic E-state index is 9.36. The Labute approximate surface area is 197 Å². The van der Waals surface area contributed by atoms with Gasteiger partial charge in [0.25, 0.3) is 0 Å². The van der Waals surface area contributed by atoms with Crippen LogP contribution in [0.4, 0.5) is 0 Å². The van der Waals surface area contributed by atoms with Gasteiger partial charge in [-0.25, -0.2) is 0 Å². The molecular weight excluding hydrogens is 426 g/mol. The summed E-state index contributed by atoms with van der Waals surface area (Å²) in [6.07, 6.45) is 4.96. The Bertz CT molecular complexity index is 1410. The average molecular weight is 450 g/mol. The van der Waals surface area contributed by atoms with Gasteiger partial charge in [-0.3, -0.25) is 4.98 Å². The second-order valence-electron chi connectivity index (χ2n) is 8.57. The molecule has 2 heterocycles. The Balaban J connectivity index is 1.54. The smallest absolute Gasteiger partial charge is 0.119 e. The van der Waals surface area contributed by atoms with Crippen molar-refractivity contribution >= 4 is 10.9 Å². The van der Waals surface area contributed by atoms with E-state index in [-0.39, 0.29) is 12.3 Å². The van der Waals surface area contributed by atoms with Gasteiger partial charge in [0.05, 0.1) is 41.7 Å². The fraction of sp³-hybridized carbons (Fsp3) is 0.269. The van der Waals surface area contributed by atoms with Crippen molar-refractivity contribution in [1.29, 1.82) is 10.5 Å². The van der Waals surface area contributed by atoms with Crippen molar-refractivity contribution in [2.45, 2.75) is 24.8 Å². The van der Waals surface area contributed by atoms with Crippen LogP contribution in [0.5, 0.6) is 5.75 Å². The molecule has 0 bridgehead atoms. The second kappa shape index (κ2) is 8.93. The average Bonchev–Trinajstić information content (AvgIpc) is 3.35. The van der Waals surface area contributed by atoms with Gasteiger partial charge in [0.1, 0.15) is 18.1 Å². The van der Waals surface area contributed by atoms with Gasteiger partial charge in [-0.2, -0.15) is 25.5 Å². The van der Waals surface area contributed by atoms with Crippen LogP contribution < -0.4 is 10.5 Å². The largest absolute Gasteiger partial charge is 0.492 e. The number of hydrogen-bond donors (Lipinski definition) is 1. The predicted molar refractivity (Wildman–Crippen MR) is 127 cm³/mol. The number of nitrogens with zero attached hydrogens (tertiary/aromatic N) is 6. The van der Waals surface area contributed by atoms with Gasteiger partial charge in [0.15, 0.2) is 0 Å². The number of fused-ring (bicyclic) bond motifs is 1. The van der Waals surface area contributed by atoms with Gasteiger partial charge in [-0.1, -0.05) is 18.2 Å². The normalized spacial score (nSPS) is 19.2. The Hall–Kier alpha value is -4.27. The molecule has 8 nitrogen and oxygen atoms in total. The van der Waals surface area contributed by atoms with E-state index in [1.54, 1.807) is 17.2 Å². The summed E-state index contributed by atoms with van der Waals surface area (Å²) in [5.41, 5.74) is 9.51. The lowest BCUT2D eigenvalue weighted by atomic mass is 9.68. The molecule has 1 saturated carbocycles. The Morgan fingerprint density at radius 2 is 1.94 bits per heavy atom. The summed E-state index contributed by atoms with van der Waals surface area (Å²) in [5.74, 6) is 0.711. The quantitative estimate of drug-likeness (QED) is 0.451. The number of nitriles is 2. The summed E-state index contributed by atoms with van der Waals surface area (Å²) in [7, 11) is 0. The monoisotopic (exact) mass is 449 g/mol. The van der Waals surface area contributed by atoms with Crippen LogP contribution in [0.15, 0.2) is 60.9 Å². The van der Waals surface area contributed by atoms with Gasteiger partial charge in [0.2, 0.25) is 0 Å². The molecule has 0 amide bonds. The van der Waals surface area contributed by atoms with Crippen LogP contribution >= 0.6 is 0 Å². The highest BCUT2D eigenvalue weighted by molar-refractivity contribution is 5.97. The van der Waals surface area contributed by atoms with Crippen molar-refractivity contribution in [3.8, 4) is 40.3 Å². The van der Waals surface area contributed by atoms with E-state index in [2.05, 4.69) is 34.4 Å². The Kier molecular flexibility index (Phi) is 5.67. The van der Waals surface area contributed by atoms with E-state index in [1.807, 2.05) is 36.4 Å². The van der Waals surface area contributed by atoms with Crippen LogP contribution in [0.1, 0.15) is 19.3 Å². The molecule has 2 aromatic heterocycles. The Morgan fingerprint density at radius 1 is 1.12 bits per heavy atom. The number of rotatable bonds is 7. The predicted octanol–water partition coefficient (Wildman–Crippen LogP) is 4.04. The standard InChI is InChI=1S/C26H23N7O/c27-8-7-26(14-18(15-26)16-29)33-31-17-25(32-33)23-12-20(13-24-22(23)2-1-10-30-24)19-3-5-21(6-4-19)34-11-9-28/h1-6,10,12-13,17-18H,7,9,11,14-15,28H2/t18-,26-. The summed E-state index contributed by atoms with van der Waals surface area (Å²) in [5, 5.41) is 28.9. The lowest BCUT2D eigenvalue weighted by molar-refractivity contribution is 0.0713. The van der Waals surface area contributed by atoms with Gasteiger partial charge >= 0.3 is 0 Å². The van der Waals surface area contributed by atoms with E-state index in [0.717, 1.165) is 33.3 Å². The molecular formula is C26H23N7O. The first-order chi connectivity index (χ1) is 16.7. The molecule has 0 radical (unpaired) electrons. The van der Waals surface area contributed by atoms with E-state index in [1.165, 1.54) is 0 Å². The zero-order chi connectivity index (χ0) is 23.5. The molecule has 168 valence electrons. The summed E-state index contributed by atoms with van der Waals surface area (Å²) in [6.45, 7) is 0.941. The SMILES string of the molecule is N#CC[C@]1(n2ncc(-c3cc(-c4ccc(OCCN)cc4)cc4ncccc34)n2)C[C@H](C#N)C1. The van der Waals surface area contributed by atoms with E-state index in [0.29, 0.717) is 31.7 Å². The van der Waals surface area contributed by atoms with Gasteiger partial charge in [-0.05, 0) is 54.3 Å². The third kappa shape index (κ3) is 3.85. The molecule has 2 N–H and O–H groups in total. The molecule has 4 aromatic rings.